The molecule has 0 unspecified atom stereocenters. The molecule has 0 aromatic heterocycles. The first-order valence-electron chi connectivity index (χ1n) is 5.89. The smallest absolute Gasteiger partial charge is 0.208 e. The third-order valence-corrected chi connectivity index (χ3v) is 3.59. The van der Waals surface area contributed by atoms with Gasteiger partial charge in [-0.15, -0.1) is 0 Å². The average Bonchev–Trinajstić information content (AvgIpc) is 2.71. The molecule has 1 fully saturated rings. The Kier molecular flexibility index (Phi) is 1.82. The lowest BCUT2D eigenvalue weighted by atomic mass is 9.88. The van der Waals surface area contributed by atoms with E-state index in [0.29, 0.717) is 5.92 Å². The van der Waals surface area contributed by atoms with Gasteiger partial charge in [-0.25, -0.2) is 0 Å². The molecular weight excluding hydrogens is 212 g/mol. The molecule has 4 rings (SSSR count). The summed E-state index contributed by atoms with van der Waals surface area (Å²) in [5.41, 5.74) is 1.26. The van der Waals surface area contributed by atoms with Crippen molar-refractivity contribution in [3.63, 3.8) is 0 Å². The minimum Gasteiger partial charge on any atom is -0.472 e. The fraction of sp³-hybridized carbons (Fsp3) is 0.200. The van der Waals surface area contributed by atoms with E-state index in [1.165, 1.54) is 16.3 Å². The fourth-order valence-corrected chi connectivity index (χ4v) is 2.69. The molecule has 2 heterocycles. The van der Waals surface area contributed by atoms with Gasteiger partial charge >= 0.3 is 0 Å². The van der Waals surface area contributed by atoms with E-state index in [1.54, 1.807) is 6.26 Å². The molecule has 0 aliphatic carbocycles. The minimum atomic E-state index is -0.0565. The van der Waals surface area contributed by atoms with Crippen molar-refractivity contribution in [3.8, 4) is 0 Å². The highest BCUT2D eigenvalue weighted by Gasteiger charge is 2.46. The molecule has 2 aromatic rings. The maximum absolute atomic E-state index is 5.77. The minimum absolute atomic E-state index is 0.0565. The van der Waals surface area contributed by atoms with Crippen LogP contribution in [0.1, 0.15) is 11.7 Å². The Morgan fingerprint density at radius 2 is 1.82 bits per heavy atom. The molecule has 2 nitrogen and oxygen atoms in total. The summed E-state index contributed by atoms with van der Waals surface area (Å²) in [6.45, 7) is 0. The topological polar surface area (TPSA) is 18.5 Å². The lowest BCUT2D eigenvalue weighted by Crippen LogP contribution is -2.39. The first kappa shape index (κ1) is 9.25. The molecule has 0 spiro atoms. The molecule has 1 saturated heterocycles. The Morgan fingerprint density at radius 3 is 2.76 bits per heavy atom. The van der Waals surface area contributed by atoms with Gasteiger partial charge < -0.3 is 9.47 Å². The SMILES string of the molecule is C1=C[C@H]2[C@H](O1)O[C@@H]2c1cccc2ccccc12. The molecule has 2 aliphatic heterocycles. The lowest BCUT2D eigenvalue weighted by molar-refractivity contribution is -0.257. The normalized spacial score (nSPS) is 29.8. The van der Waals surface area contributed by atoms with Gasteiger partial charge in [-0.1, -0.05) is 42.5 Å². The third kappa shape index (κ3) is 1.25. The van der Waals surface area contributed by atoms with Gasteiger partial charge in [0.15, 0.2) is 0 Å². The molecule has 3 atom stereocenters. The molecule has 0 bridgehead atoms. The van der Waals surface area contributed by atoms with Crippen molar-refractivity contribution in [1.29, 1.82) is 0 Å². The van der Waals surface area contributed by atoms with Crippen molar-refractivity contribution in [2.24, 2.45) is 5.92 Å². The number of hydrogen-bond acceptors (Lipinski definition) is 2. The van der Waals surface area contributed by atoms with Gasteiger partial charge in [0, 0.05) is 0 Å². The second-order valence-electron chi connectivity index (χ2n) is 4.54. The van der Waals surface area contributed by atoms with Crippen molar-refractivity contribution in [3.05, 3.63) is 60.4 Å². The van der Waals surface area contributed by atoms with Crippen LogP contribution in [0.25, 0.3) is 10.8 Å². The van der Waals surface area contributed by atoms with Gasteiger partial charge in [0.25, 0.3) is 0 Å². The maximum atomic E-state index is 5.77. The van der Waals surface area contributed by atoms with Crippen molar-refractivity contribution in [2.75, 3.05) is 0 Å². The quantitative estimate of drug-likeness (QED) is 0.739. The summed E-state index contributed by atoms with van der Waals surface area (Å²) in [5, 5.41) is 2.54. The van der Waals surface area contributed by atoms with E-state index < -0.39 is 0 Å². The predicted molar refractivity (Wildman–Crippen MR) is 65.3 cm³/mol. The van der Waals surface area contributed by atoms with E-state index in [9.17, 15) is 0 Å². The van der Waals surface area contributed by atoms with Gasteiger partial charge in [-0.3, -0.25) is 0 Å². The predicted octanol–water partition coefficient (Wildman–Crippen LogP) is 3.40. The van der Waals surface area contributed by atoms with Crippen LogP contribution in [0.3, 0.4) is 0 Å². The summed E-state index contributed by atoms with van der Waals surface area (Å²) in [6, 6.07) is 14.8. The van der Waals surface area contributed by atoms with Crippen LogP contribution in [0, 0.1) is 5.92 Å². The zero-order chi connectivity index (χ0) is 11.2. The second-order valence-corrected chi connectivity index (χ2v) is 4.54. The van der Waals surface area contributed by atoms with Crippen molar-refractivity contribution >= 4 is 10.8 Å². The summed E-state index contributed by atoms with van der Waals surface area (Å²) in [5.74, 6) is 0.376. The Morgan fingerprint density at radius 1 is 0.941 bits per heavy atom. The molecule has 2 aliphatic rings. The Labute approximate surface area is 99.5 Å². The fourth-order valence-electron chi connectivity index (χ4n) is 2.69. The van der Waals surface area contributed by atoms with Gasteiger partial charge in [-0.05, 0) is 22.4 Å². The third-order valence-electron chi connectivity index (χ3n) is 3.59. The van der Waals surface area contributed by atoms with Crippen LogP contribution in [0.4, 0.5) is 0 Å². The molecule has 0 amide bonds. The van der Waals surface area contributed by atoms with Crippen LogP contribution < -0.4 is 0 Å². The second kappa shape index (κ2) is 3.34. The Balaban J connectivity index is 1.83. The first-order chi connectivity index (χ1) is 8.43. The van der Waals surface area contributed by atoms with Crippen LogP contribution in [-0.2, 0) is 9.47 Å². The standard InChI is InChI=1S/C15H12O2/c1-2-6-11-10(4-1)5-3-7-12(11)14-13-8-9-16-15(13)17-14/h1-9,13-15H/t13-,14-,15-/m1/s1. The summed E-state index contributed by atoms with van der Waals surface area (Å²) >= 11 is 0. The maximum Gasteiger partial charge on any atom is 0.208 e. The number of fused-ring (bicyclic) bond motifs is 2. The summed E-state index contributed by atoms with van der Waals surface area (Å²) in [6.07, 6.45) is 3.94. The van der Waals surface area contributed by atoms with Crippen molar-refractivity contribution < 1.29 is 9.47 Å². The molecule has 2 heteroatoms. The Bertz CT molecular complexity index is 597. The van der Waals surface area contributed by atoms with Crippen LogP contribution >= 0.6 is 0 Å². The number of hydrogen-bond donors (Lipinski definition) is 0. The van der Waals surface area contributed by atoms with Crippen LogP contribution in [0.5, 0.6) is 0 Å². The average molecular weight is 224 g/mol. The Hall–Kier alpha value is -1.80. The number of rotatable bonds is 1. The highest BCUT2D eigenvalue weighted by Crippen LogP contribution is 2.46. The van der Waals surface area contributed by atoms with E-state index in [0.717, 1.165) is 0 Å². The molecular formula is C15H12O2. The van der Waals surface area contributed by atoms with Gasteiger partial charge in [0.2, 0.25) is 6.29 Å². The monoisotopic (exact) mass is 224 g/mol. The highest BCUT2D eigenvalue weighted by molar-refractivity contribution is 5.86. The molecule has 17 heavy (non-hydrogen) atoms. The van der Waals surface area contributed by atoms with Gasteiger partial charge in [0.1, 0.15) is 0 Å². The number of benzene rings is 2. The largest absolute Gasteiger partial charge is 0.472 e. The van der Waals surface area contributed by atoms with Crippen LogP contribution in [0.2, 0.25) is 0 Å². The van der Waals surface area contributed by atoms with E-state index >= 15 is 0 Å². The van der Waals surface area contributed by atoms with Crippen LogP contribution in [0.15, 0.2) is 54.8 Å². The molecule has 2 aromatic carbocycles. The zero-order valence-corrected chi connectivity index (χ0v) is 9.24. The van der Waals surface area contributed by atoms with Crippen molar-refractivity contribution in [2.45, 2.75) is 12.4 Å². The lowest BCUT2D eigenvalue weighted by Gasteiger charge is -2.39. The highest BCUT2D eigenvalue weighted by atomic mass is 16.7. The molecule has 0 radical (unpaired) electrons. The summed E-state index contributed by atoms with van der Waals surface area (Å²) in [4.78, 5) is 0. The van der Waals surface area contributed by atoms with Crippen molar-refractivity contribution in [1.82, 2.24) is 0 Å². The van der Waals surface area contributed by atoms with E-state index in [4.69, 9.17) is 9.47 Å². The zero-order valence-electron chi connectivity index (χ0n) is 9.24. The first-order valence-corrected chi connectivity index (χ1v) is 5.89. The van der Waals surface area contributed by atoms with Gasteiger partial charge in [-0.2, -0.15) is 0 Å². The number of ether oxygens (including phenoxy) is 2. The summed E-state index contributed by atoms with van der Waals surface area (Å²) in [7, 11) is 0. The molecule has 0 saturated carbocycles. The van der Waals surface area contributed by atoms with Crippen LogP contribution in [-0.4, -0.2) is 6.29 Å². The van der Waals surface area contributed by atoms with E-state index in [1.807, 2.05) is 0 Å². The van der Waals surface area contributed by atoms with Gasteiger partial charge in [0.05, 0.1) is 18.3 Å². The molecule has 84 valence electrons. The molecule has 0 N–H and O–H groups in total. The van der Waals surface area contributed by atoms with E-state index in [2.05, 4.69) is 48.5 Å². The van der Waals surface area contributed by atoms with E-state index in [-0.39, 0.29) is 12.4 Å². The summed E-state index contributed by atoms with van der Waals surface area (Å²) < 4.78 is 11.1.